The predicted molar refractivity (Wildman–Crippen MR) is 58.4 cm³/mol. The molecule has 0 aromatic heterocycles. The van der Waals surface area contributed by atoms with Crippen molar-refractivity contribution in [3.05, 3.63) is 40.4 Å². The molecular weight excluding hydrogens is 205 g/mol. The molecule has 2 aromatic rings. The minimum atomic E-state index is 0.431. The van der Waals surface area contributed by atoms with Crippen LogP contribution in [0.15, 0.2) is 30.3 Å². The molecule has 2 aromatic carbocycles. The van der Waals surface area contributed by atoms with Crippen LogP contribution in [0.4, 0.5) is 5.69 Å². The summed E-state index contributed by atoms with van der Waals surface area (Å²) < 4.78 is 0. The van der Waals surface area contributed by atoms with Crippen LogP contribution in [0.5, 0.6) is 0 Å². The second kappa shape index (κ2) is 3.09. The van der Waals surface area contributed by atoms with Crippen molar-refractivity contribution in [3.8, 4) is 0 Å². The Morgan fingerprint density at radius 2 is 1.69 bits per heavy atom. The maximum atomic E-state index is 6.02. The van der Waals surface area contributed by atoms with E-state index in [1.54, 1.807) is 0 Å². The molecule has 13 heavy (non-hydrogen) atoms. The highest BCUT2D eigenvalue weighted by Crippen LogP contribution is 2.35. The van der Waals surface area contributed by atoms with Gasteiger partial charge in [0.2, 0.25) is 0 Å². The van der Waals surface area contributed by atoms with Crippen LogP contribution in [0.2, 0.25) is 10.0 Å². The van der Waals surface area contributed by atoms with Crippen molar-refractivity contribution in [1.82, 2.24) is 0 Å². The average molecular weight is 212 g/mol. The monoisotopic (exact) mass is 211 g/mol. The predicted octanol–water partition coefficient (Wildman–Crippen LogP) is 3.73. The molecule has 0 spiro atoms. The smallest absolute Gasteiger partial charge is 0.0828 e. The molecule has 1 nitrogen and oxygen atoms in total. The SMILES string of the molecule is Nc1cc2ccccc2c(Cl)c1Cl. The van der Waals surface area contributed by atoms with Crippen LogP contribution in [0.1, 0.15) is 0 Å². The van der Waals surface area contributed by atoms with Crippen LogP contribution in [0, 0.1) is 0 Å². The van der Waals surface area contributed by atoms with E-state index >= 15 is 0 Å². The van der Waals surface area contributed by atoms with E-state index in [2.05, 4.69) is 0 Å². The summed E-state index contributed by atoms with van der Waals surface area (Å²) >= 11 is 11.9. The van der Waals surface area contributed by atoms with Crippen LogP contribution < -0.4 is 5.73 Å². The van der Waals surface area contributed by atoms with E-state index in [1.165, 1.54) is 0 Å². The minimum absolute atomic E-state index is 0.431. The lowest BCUT2D eigenvalue weighted by Gasteiger charge is -2.04. The Morgan fingerprint density at radius 1 is 1.00 bits per heavy atom. The van der Waals surface area contributed by atoms with Gasteiger partial charge < -0.3 is 5.73 Å². The van der Waals surface area contributed by atoms with E-state index in [0.29, 0.717) is 15.7 Å². The second-order valence-corrected chi connectivity index (χ2v) is 3.57. The zero-order valence-electron chi connectivity index (χ0n) is 6.72. The van der Waals surface area contributed by atoms with E-state index in [1.807, 2.05) is 30.3 Å². The molecule has 0 aliphatic rings. The van der Waals surface area contributed by atoms with Crippen molar-refractivity contribution >= 4 is 39.7 Å². The summed E-state index contributed by atoms with van der Waals surface area (Å²) in [6, 6.07) is 9.55. The molecule has 66 valence electrons. The first-order valence-electron chi connectivity index (χ1n) is 3.82. The molecule has 0 heterocycles. The largest absolute Gasteiger partial charge is 0.397 e. The summed E-state index contributed by atoms with van der Waals surface area (Å²) in [6.07, 6.45) is 0. The molecule has 3 heteroatoms. The van der Waals surface area contributed by atoms with Crippen LogP contribution in [0.3, 0.4) is 0 Å². The first kappa shape index (κ1) is 8.67. The fraction of sp³-hybridized carbons (Fsp3) is 0. The van der Waals surface area contributed by atoms with Gasteiger partial charge in [-0.15, -0.1) is 0 Å². The Labute approximate surface area is 86.1 Å². The maximum absolute atomic E-state index is 6.02. The van der Waals surface area contributed by atoms with Crippen molar-refractivity contribution in [3.63, 3.8) is 0 Å². The van der Waals surface area contributed by atoms with Gasteiger partial charge in [-0.1, -0.05) is 47.5 Å². The molecule has 0 bridgehead atoms. The fourth-order valence-electron chi connectivity index (χ4n) is 1.30. The van der Waals surface area contributed by atoms with E-state index in [-0.39, 0.29) is 0 Å². The lowest BCUT2D eigenvalue weighted by atomic mass is 10.1. The third-order valence-corrected chi connectivity index (χ3v) is 2.85. The van der Waals surface area contributed by atoms with E-state index in [4.69, 9.17) is 28.9 Å². The molecule has 2 rings (SSSR count). The number of hydrogen-bond acceptors (Lipinski definition) is 1. The van der Waals surface area contributed by atoms with Gasteiger partial charge in [0.1, 0.15) is 0 Å². The van der Waals surface area contributed by atoms with Gasteiger partial charge >= 0.3 is 0 Å². The van der Waals surface area contributed by atoms with Crippen molar-refractivity contribution in [2.24, 2.45) is 0 Å². The van der Waals surface area contributed by atoms with E-state index < -0.39 is 0 Å². The molecule has 0 aliphatic carbocycles. The van der Waals surface area contributed by atoms with Crippen LogP contribution in [0.25, 0.3) is 10.8 Å². The Balaban J connectivity index is 2.94. The maximum Gasteiger partial charge on any atom is 0.0828 e. The van der Waals surface area contributed by atoms with Crippen molar-refractivity contribution in [2.75, 3.05) is 5.73 Å². The molecular formula is C10H7Cl2N. The lowest BCUT2D eigenvalue weighted by molar-refractivity contribution is 1.72. The number of rotatable bonds is 0. The van der Waals surface area contributed by atoms with Gasteiger partial charge in [0.25, 0.3) is 0 Å². The van der Waals surface area contributed by atoms with Crippen molar-refractivity contribution < 1.29 is 0 Å². The second-order valence-electron chi connectivity index (χ2n) is 2.81. The number of hydrogen-bond donors (Lipinski definition) is 1. The minimum Gasteiger partial charge on any atom is -0.397 e. The van der Waals surface area contributed by atoms with Gasteiger partial charge in [0.15, 0.2) is 0 Å². The molecule has 0 unspecified atom stereocenters. The Bertz CT molecular complexity index is 466. The Hall–Kier alpha value is -0.920. The topological polar surface area (TPSA) is 26.0 Å². The van der Waals surface area contributed by atoms with Gasteiger partial charge in [0, 0.05) is 5.39 Å². The standard InChI is InChI=1S/C10H7Cl2N/c11-9-7-4-2-1-3-6(7)5-8(13)10(9)12/h1-5H,13H2. The zero-order valence-corrected chi connectivity index (χ0v) is 8.23. The van der Waals surface area contributed by atoms with Crippen LogP contribution in [-0.2, 0) is 0 Å². The number of nitrogen functional groups attached to an aromatic ring is 1. The van der Waals surface area contributed by atoms with Crippen LogP contribution in [-0.4, -0.2) is 0 Å². The van der Waals surface area contributed by atoms with E-state index in [0.717, 1.165) is 10.8 Å². The molecule has 0 radical (unpaired) electrons. The van der Waals surface area contributed by atoms with Gasteiger partial charge in [-0.05, 0) is 11.5 Å². The van der Waals surface area contributed by atoms with Gasteiger partial charge in [-0.2, -0.15) is 0 Å². The number of benzene rings is 2. The molecule has 0 saturated heterocycles. The first-order valence-corrected chi connectivity index (χ1v) is 4.58. The first-order chi connectivity index (χ1) is 6.20. The van der Waals surface area contributed by atoms with Crippen molar-refractivity contribution in [1.29, 1.82) is 0 Å². The number of nitrogens with two attached hydrogens (primary N) is 1. The fourth-order valence-corrected chi connectivity index (χ4v) is 1.74. The van der Waals surface area contributed by atoms with Crippen LogP contribution >= 0.6 is 23.2 Å². The van der Waals surface area contributed by atoms with Gasteiger partial charge in [-0.3, -0.25) is 0 Å². The summed E-state index contributed by atoms with van der Waals surface area (Å²) in [6.45, 7) is 0. The molecule has 0 aliphatic heterocycles. The average Bonchev–Trinajstić information content (AvgIpc) is 2.15. The van der Waals surface area contributed by atoms with Gasteiger partial charge in [0.05, 0.1) is 15.7 Å². The molecule has 0 amide bonds. The van der Waals surface area contributed by atoms with E-state index in [9.17, 15) is 0 Å². The summed E-state index contributed by atoms with van der Waals surface area (Å²) in [5.41, 5.74) is 6.19. The summed E-state index contributed by atoms with van der Waals surface area (Å²) in [5, 5.41) is 2.90. The Kier molecular flexibility index (Phi) is 2.06. The quantitative estimate of drug-likeness (QED) is 0.661. The highest BCUT2D eigenvalue weighted by Gasteiger charge is 2.06. The highest BCUT2D eigenvalue weighted by atomic mass is 35.5. The van der Waals surface area contributed by atoms with Gasteiger partial charge in [-0.25, -0.2) is 0 Å². The Morgan fingerprint density at radius 3 is 2.46 bits per heavy atom. The third-order valence-electron chi connectivity index (χ3n) is 1.95. The zero-order chi connectivity index (χ0) is 9.42. The molecule has 0 saturated carbocycles. The summed E-state index contributed by atoms with van der Waals surface area (Å²) in [5.74, 6) is 0. The highest BCUT2D eigenvalue weighted by molar-refractivity contribution is 6.46. The number of fused-ring (bicyclic) bond motifs is 1. The van der Waals surface area contributed by atoms with Crippen molar-refractivity contribution in [2.45, 2.75) is 0 Å². The number of halogens is 2. The number of anilines is 1. The molecule has 2 N–H and O–H groups in total. The lowest BCUT2D eigenvalue weighted by Crippen LogP contribution is -1.87. The molecule has 0 atom stereocenters. The summed E-state index contributed by atoms with van der Waals surface area (Å²) in [4.78, 5) is 0. The third kappa shape index (κ3) is 1.34. The normalized spacial score (nSPS) is 10.6. The molecule has 0 fully saturated rings. The summed E-state index contributed by atoms with van der Waals surface area (Å²) in [7, 11) is 0.